The van der Waals surface area contributed by atoms with E-state index in [1.54, 1.807) is 30.3 Å². The van der Waals surface area contributed by atoms with Crippen LogP contribution in [-0.2, 0) is 0 Å². The van der Waals surface area contributed by atoms with Crippen molar-refractivity contribution < 1.29 is 9.34 Å². The molecule has 27 heavy (non-hydrogen) atoms. The first-order valence-corrected chi connectivity index (χ1v) is 8.56. The van der Waals surface area contributed by atoms with Crippen LogP contribution in [0, 0.1) is 10.1 Å². The number of pyridine rings is 1. The fourth-order valence-electron chi connectivity index (χ4n) is 2.79. The van der Waals surface area contributed by atoms with E-state index >= 15 is 0 Å². The van der Waals surface area contributed by atoms with Crippen LogP contribution in [0.2, 0.25) is 5.02 Å². The summed E-state index contributed by atoms with van der Waals surface area (Å²) >= 11 is 5.86. The van der Waals surface area contributed by atoms with Crippen molar-refractivity contribution in [3.05, 3.63) is 93.3 Å². The largest absolute Gasteiger partial charge is 0.456 e. The summed E-state index contributed by atoms with van der Waals surface area (Å²) < 4.78 is 5.75. The number of nitrogens with zero attached hydrogens (tertiary/aromatic N) is 2. The third-order valence-electron chi connectivity index (χ3n) is 4.09. The van der Waals surface area contributed by atoms with Crippen molar-refractivity contribution in [3.8, 4) is 11.3 Å². The molecule has 4 rings (SSSR count). The van der Waals surface area contributed by atoms with E-state index in [9.17, 15) is 10.1 Å². The predicted molar refractivity (Wildman–Crippen MR) is 106 cm³/mol. The quantitative estimate of drug-likeness (QED) is 0.313. The molecule has 0 saturated carbocycles. The van der Waals surface area contributed by atoms with Crippen LogP contribution in [0.5, 0.6) is 0 Å². The molecule has 0 aliphatic rings. The Labute approximate surface area is 159 Å². The van der Waals surface area contributed by atoms with Crippen LogP contribution in [0.4, 0.5) is 5.69 Å². The van der Waals surface area contributed by atoms with Crippen molar-refractivity contribution in [2.45, 2.75) is 0 Å². The summed E-state index contributed by atoms with van der Waals surface area (Å²) in [6.45, 7) is 0. The van der Waals surface area contributed by atoms with Gasteiger partial charge in [-0.15, -0.1) is 0 Å². The summed E-state index contributed by atoms with van der Waals surface area (Å²) in [4.78, 5) is 15.4. The highest BCUT2D eigenvalue weighted by Crippen LogP contribution is 2.33. The third-order valence-corrected chi connectivity index (χ3v) is 4.32. The lowest BCUT2D eigenvalue weighted by Gasteiger charge is -2.00. The van der Waals surface area contributed by atoms with E-state index < -0.39 is 4.92 Å². The van der Waals surface area contributed by atoms with E-state index in [1.165, 1.54) is 6.07 Å². The smallest absolute Gasteiger partial charge is 0.281 e. The maximum absolute atomic E-state index is 11.3. The number of furan rings is 1. The van der Waals surface area contributed by atoms with Crippen LogP contribution in [0.25, 0.3) is 34.4 Å². The summed E-state index contributed by atoms with van der Waals surface area (Å²) in [5.41, 5.74) is 2.00. The number of hydrogen-bond acceptors (Lipinski definition) is 4. The molecule has 5 nitrogen and oxygen atoms in total. The van der Waals surface area contributed by atoms with Gasteiger partial charge in [0.25, 0.3) is 5.69 Å². The maximum Gasteiger partial charge on any atom is 0.281 e. The van der Waals surface area contributed by atoms with Crippen molar-refractivity contribution in [2.75, 3.05) is 0 Å². The molecule has 0 spiro atoms. The van der Waals surface area contributed by atoms with Crippen LogP contribution in [0.3, 0.4) is 0 Å². The van der Waals surface area contributed by atoms with Crippen LogP contribution >= 0.6 is 11.6 Å². The van der Waals surface area contributed by atoms with Crippen molar-refractivity contribution in [2.24, 2.45) is 0 Å². The van der Waals surface area contributed by atoms with Gasteiger partial charge in [0.15, 0.2) is 0 Å². The van der Waals surface area contributed by atoms with Gasteiger partial charge < -0.3 is 4.42 Å². The number of aromatic nitrogens is 1. The van der Waals surface area contributed by atoms with E-state index in [4.69, 9.17) is 16.0 Å². The Morgan fingerprint density at radius 3 is 2.70 bits per heavy atom. The first-order valence-electron chi connectivity index (χ1n) is 8.18. The van der Waals surface area contributed by atoms with E-state index in [0.717, 1.165) is 16.6 Å². The fourth-order valence-corrected chi connectivity index (χ4v) is 2.96. The molecule has 6 heteroatoms. The molecule has 132 valence electrons. The summed E-state index contributed by atoms with van der Waals surface area (Å²) in [7, 11) is 0. The van der Waals surface area contributed by atoms with Crippen molar-refractivity contribution in [1.82, 2.24) is 4.98 Å². The first-order chi connectivity index (χ1) is 13.1. The standard InChI is InChI=1S/C21H13ClN2O3/c22-15-6-11-18(20(13-15)24(25)26)21-12-10-17(27-21)9-8-16-7-5-14-3-1-2-4-19(14)23-16/h1-13H/b9-8+. The predicted octanol–water partition coefficient (Wildman–Crippen LogP) is 6.23. The Morgan fingerprint density at radius 2 is 1.85 bits per heavy atom. The van der Waals surface area contributed by atoms with E-state index in [0.29, 0.717) is 22.1 Å². The number of para-hydroxylation sites is 1. The molecule has 2 heterocycles. The number of rotatable bonds is 4. The number of nitro benzene ring substituents is 1. The van der Waals surface area contributed by atoms with Crippen molar-refractivity contribution in [1.29, 1.82) is 0 Å². The van der Waals surface area contributed by atoms with Gasteiger partial charge in [-0.05, 0) is 48.6 Å². The van der Waals surface area contributed by atoms with Gasteiger partial charge in [-0.3, -0.25) is 10.1 Å². The Morgan fingerprint density at radius 1 is 1.00 bits per heavy atom. The molecule has 2 aromatic heterocycles. The van der Waals surface area contributed by atoms with Crippen LogP contribution in [0.1, 0.15) is 11.5 Å². The Bertz CT molecular complexity index is 1180. The average Bonchev–Trinajstić information content (AvgIpc) is 3.15. The molecular weight excluding hydrogens is 364 g/mol. The normalized spacial score (nSPS) is 11.3. The van der Waals surface area contributed by atoms with Crippen LogP contribution in [-0.4, -0.2) is 9.91 Å². The molecule has 0 aliphatic heterocycles. The van der Waals surface area contributed by atoms with Gasteiger partial charge >= 0.3 is 0 Å². The molecule has 0 atom stereocenters. The molecule has 2 aromatic carbocycles. The number of nitro groups is 1. The van der Waals surface area contributed by atoms with Crippen molar-refractivity contribution in [3.63, 3.8) is 0 Å². The molecule has 0 amide bonds. The number of hydrogen-bond donors (Lipinski definition) is 0. The van der Waals surface area contributed by atoms with E-state index in [1.807, 2.05) is 42.5 Å². The zero-order valence-electron chi connectivity index (χ0n) is 14.0. The highest BCUT2D eigenvalue weighted by atomic mass is 35.5. The molecule has 0 aliphatic carbocycles. The summed E-state index contributed by atoms with van der Waals surface area (Å²) in [5.74, 6) is 0.980. The lowest BCUT2D eigenvalue weighted by atomic mass is 10.1. The minimum absolute atomic E-state index is 0.0939. The molecule has 0 bridgehead atoms. The topological polar surface area (TPSA) is 69.2 Å². The maximum atomic E-state index is 11.3. The number of benzene rings is 2. The second-order valence-electron chi connectivity index (χ2n) is 5.88. The lowest BCUT2D eigenvalue weighted by Crippen LogP contribution is -1.91. The van der Waals surface area contributed by atoms with Gasteiger partial charge in [-0.2, -0.15) is 0 Å². The van der Waals surface area contributed by atoms with Crippen molar-refractivity contribution >= 4 is 40.3 Å². The molecule has 0 N–H and O–H groups in total. The van der Waals surface area contributed by atoms with Gasteiger partial charge in [-0.25, -0.2) is 4.98 Å². The monoisotopic (exact) mass is 376 g/mol. The van der Waals surface area contributed by atoms with Gasteiger partial charge in [-0.1, -0.05) is 35.9 Å². The minimum Gasteiger partial charge on any atom is -0.456 e. The zero-order chi connectivity index (χ0) is 18.8. The van der Waals surface area contributed by atoms with E-state index in [2.05, 4.69) is 4.98 Å². The molecule has 0 fully saturated rings. The van der Waals surface area contributed by atoms with Gasteiger partial charge in [0.2, 0.25) is 0 Å². The summed E-state index contributed by atoms with van der Waals surface area (Å²) in [6, 6.07) is 19.8. The highest BCUT2D eigenvalue weighted by molar-refractivity contribution is 6.30. The lowest BCUT2D eigenvalue weighted by molar-refractivity contribution is -0.384. The zero-order valence-corrected chi connectivity index (χ0v) is 14.8. The Hall–Kier alpha value is -3.44. The van der Waals surface area contributed by atoms with Gasteiger partial charge in [0.05, 0.1) is 21.7 Å². The van der Waals surface area contributed by atoms with Gasteiger partial charge in [0, 0.05) is 16.5 Å². The Kier molecular flexibility index (Phi) is 4.44. The summed E-state index contributed by atoms with van der Waals surface area (Å²) in [6.07, 6.45) is 3.62. The summed E-state index contributed by atoms with van der Waals surface area (Å²) in [5, 5.41) is 12.6. The van der Waals surface area contributed by atoms with Gasteiger partial charge in [0.1, 0.15) is 11.5 Å². The first kappa shape index (κ1) is 17.0. The Balaban J connectivity index is 1.63. The minimum atomic E-state index is -0.474. The fraction of sp³-hybridized carbons (Fsp3) is 0. The SMILES string of the molecule is O=[N+]([O-])c1cc(Cl)ccc1-c1ccc(/C=C/c2ccc3ccccc3n2)o1. The van der Waals surface area contributed by atoms with Crippen LogP contribution < -0.4 is 0 Å². The second-order valence-corrected chi connectivity index (χ2v) is 6.32. The molecule has 0 unspecified atom stereocenters. The average molecular weight is 377 g/mol. The number of halogens is 1. The molecular formula is C21H13ClN2O3. The highest BCUT2D eigenvalue weighted by Gasteiger charge is 2.18. The van der Waals surface area contributed by atoms with Crippen LogP contribution in [0.15, 0.2) is 71.1 Å². The molecule has 0 saturated heterocycles. The molecule has 4 aromatic rings. The number of fused-ring (bicyclic) bond motifs is 1. The molecule has 0 radical (unpaired) electrons. The third kappa shape index (κ3) is 3.59. The second kappa shape index (κ2) is 7.05. The van der Waals surface area contributed by atoms with E-state index in [-0.39, 0.29) is 5.69 Å².